The number of amides is 7. The van der Waals surface area contributed by atoms with Crippen molar-refractivity contribution in [3.8, 4) is 0 Å². The lowest BCUT2D eigenvalue weighted by Crippen LogP contribution is -2.68. The molecule has 19 nitrogen and oxygen atoms in total. The second-order valence-corrected chi connectivity index (χ2v) is 14.3. The van der Waals surface area contributed by atoms with E-state index < -0.39 is 96.8 Å². The number of para-hydroxylation sites is 1. The van der Waals surface area contributed by atoms with Gasteiger partial charge in [0.2, 0.25) is 41.4 Å². The number of hydrogen-bond donors (Lipinski definition) is 10. The highest BCUT2D eigenvalue weighted by atomic mass is 32.2. The molecule has 1 fully saturated rings. The molecular weight excluding hydrogens is 712 g/mol. The van der Waals surface area contributed by atoms with Gasteiger partial charge in [0.15, 0.2) is 11.9 Å². The number of carbonyl (C=O) groups excluding carboxylic acids is 8. The van der Waals surface area contributed by atoms with Gasteiger partial charge in [0.1, 0.15) is 12.1 Å². The molecule has 4 rings (SSSR count). The summed E-state index contributed by atoms with van der Waals surface area (Å²) in [4.78, 5) is 108. The van der Waals surface area contributed by atoms with Gasteiger partial charge in [-0.1, -0.05) is 38.5 Å². The lowest BCUT2D eigenvalue weighted by molar-refractivity contribution is -0.142. The van der Waals surface area contributed by atoms with Crippen LogP contribution in [-0.2, 0) is 44.8 Å². The van der Waals surface area contributed by atoms with Crippen LogP contribution in [0.4, 0.5) is 0 Å². The molecule has 20 heteroatoms. The van der Waals surface area contributed by atoms with Crippen molar-refractivity contribution in [2.75, 3.05) is 25.4 Å². The summed E-state index contributed by atoms with van der Waals surface area (Å²) < 4.78 is 0. The zero-order valence-electron chi connectivity index (χ0n) is 29.3. The molecule has 1 aromatic heterocycles. The molecule has 53 heavy (non-hydrogen) atoms. The summed E-state index contributed by atoms with van der Waals surface area (Å²) >= 11 is 1.07. The second kappa shape index (κ2) is 17.6. The average molecular weight is 759 g/mol. The number of thioether (sulfide) groups is 1. The largest absolute Gasteiger partial charge is 0.392 e. The van der Waals surface area contributed by atoms with Crippen molar-refractivity contribution in [3.05, 3.63) is 29.8 Å². The first-order valence-corrected chi connectivity index (χ1v) is 18.0. The maximum atomic E-state index is 14.1. The summed E-state index contributed by atoms with van der Waals surface area (Å²) in [6.45, 7) is 2.12. The van der Waals surface area contributed by atoms with Crippen molar-refractivity contribution in [2.24, 2.45) is 23.1 Å². The first-order valence-electron chi connectivity index (χ1n) is 17.0. The van der Waals surface area contributed by atoms with Crippen molar-refractivity contribution in [3.63, 3.8) is 0 Å². The molecule has 2 aliphatic rings. The van der Waals surface area contributed by atoms with Crippen LogP contribution in [0, 0.1) is 5.92 Å². The van der Waals surface area contributed by atoms with Gasteiger partial charge in [0.05, 0.1) is 42.7 Å². The summed E-state index contributed by atoms with van der Waals surface area (Å²) in [7, 11) is 0. The molecule has 0 aliphatic carbocycles. The number of nitrogens with one attached hydrogen (secondary N) is 6. The smallest absolute Gasteiger partial charge is 0.245 e. The SMILES string of the molecule is CCC(C)C1NC(=O)CNC(=O)C(N)Cc2c([nH]c3ccccc23)SCC(C(=O)NC(C=O)(CC(N)=O)N2CC(O)CC2C(N)=O)NC(=O)CNC1=O. The monoisotopic (exact) mass is 758 g/mol. The van der Waals surface area contributed by atoms with Gasteiger partial charge in [0.25, 0.3) is 0 Å². The summed E-state index contributed by atoms with van der Waals surface area (Å²) in [6.07, 6.45) is -1.44. The predicted octanol–water partition coefficient (Wildman–Crippen LogP) is -3.80. The van der Waals surface area contributed by atoms with Gasteiger partial charge in [-0.25, -0.2) is 0 Å². The quantitative estimate of drug-likeness (QED) is 0.110. The number of carbonyl (C=O) groups is 8. The molecular formula is C33H46N10O9S. The van der Waals surface area contributed by atoms with E-state index in [9.17, 15) is 43.5 Å². The third kappa shape index (κ3) is 9.89. The number of primary amides is 2. The van der Waals surface area contributed by atoms with Gasteiger partial charge in [0, 0.05) is 23.2 Å². The molecule has 1 saturated heterocycles. The number of H-pyrrole nitrogens is 1. The van der Waals surface area contributed by atoms with E-state index in [0.29, 0.717) is 22.5 Å². The first kappa shape index (κ1) is 40.7. The highest BCUT2D eigenvalue weighted by molar-refractivity contribution is 7.99. The Kier molecular flexibility index (Phi) is 13.6. The van der Waals surface area contributed by atoms with Crippen LogP contribution in [0.2, 0.25) is 0 Å². The average Bonchev–Trinajstić information content (AvgIpc) is 3.69. The Bertz CT molecular complexity index is 1750. The molecule has 2 aromatic rings. The molecule has 0 saturated carbocycles. The number of aliphatic hydroxyl groups excluding tert-OH is 1. The fourth-order valence-electron chi connectivity index (χ4n) is 6.36. The number of nitrogens with zero attached hydrogens (tertiary/aromatic N) is 1. The normalized spacial score (nSPS) is 25.6. The lowest BCUT2D eigenvalue weighted by atomic mass is 9.98. The van der Waals surface area contributed by atoms with Gasteiger partial charge in [-0.2, -0.15) is 0 Å². The summed E-state index contributed by atoms with van der Waals surface area (Å²) in [5, 5.41) is 24.2. The molecule has 1 aromatic carbocycles. The Morgan fingerprint density at radius 3 is 2.38 bits per heavy atom. The van der Waals surface area contributed by atoms with E-state index in [1.54, 1.807) is 38.1 Å². The number of likely N-dealkylation sites (tertiary alicyclic amines) is 1. The van der Waals surface area contributed by atoms with Crippen LogP contribution in [0.25, 0.3) is 10.9 Å². The van der Waals surface area contributed by atoms with Crippen LogP contribution in [-0.4, -0.2) is 124 Å². The van der Waals surface area contributed by atoms with E-state index in [0.717, 1.165) is 22.0 Å². The molecule has 288 valence electrons. The number of benzene rings is 1. The van der Waals surface area contributed by atoms with Crippen molar-refractivity contribution in [2.45, 2.75) is 80.5 Å². The van der Waals surface area contributed by atoms with Crippen molar-refractivity contribution < 1.29 is 43.5 Å². The number of fused-ring (bicyclic) bond motifs is 3. The van der Waals surface area contributed by atoms with Gasteiger partial charge < -0.3 is 53.9 Å². The van der Waals surface area contributed by atoms with Crippen LogP contribution in [0.1, 0.15) is 38.7 Å². The van der Waals surface area contributed by atoms with Crippen LogP contribution in [0.15, 0.2) is 29.3 Å². The molecule has 2 aliphatic heterocycles. The molecule has 3 heterocycles. The van der Waals surface area contributed by atoms with E-state index in [-0.39, 0.29) is 37.3 Å². The number of nitrogens with two attached hydrogens (primary N) is 3. The van der Waals surface area contributed by atoms with Crippen molar-refractivity contribution in [1.29, 1.82) is 0 Å². The number of aliphatic hydroxyl groups is 1. The fourth-order valence-corrected chi connectivity index (χ4v) is 7.48. The minimum Gasteiger partial charge on any atom is -0.392 e. The zero-order chi connectivity index (χ0) is 39.0. The third-order valence-electron chi connectivity index (χ3n) is 9.34. The fraction of sp³-hybridized carbons (Fsp3) is 0.515. The number of aromatic amines is 1. The lowest BCUT2D eigenvalue weighted by Gasteiger charge is -2.40. The topological polar surface area (TPSA) is 314 Å². The van der Waals surface area contributed by atoms with E-state index in [2.05, 4.69) is 31.6 Å². The maximum absolute atomic E-state index is 14.1. The minimum atomic E-state index is -2.25. The number of hydrogen-bond acceptors (Lipinski definition) is 12. The van der Waals surface area contributed by atoms with Crippen LogP contribution in [0.3, 0.4) is 0 Å². The Morgan fingerprint density at radius 1 is 1.08 bits per heavy atom. The molecule has 0 bridgehead atoms. The van der Waals surface area contributed by atoms with E-state index in [1.807, 2.05) is 0 Å². The van der Waals surface area contributed by atoms with Gasteiger partial charge >= 0.3 is 0 Å². The van der Waals surface area contributed by atoms with Crippen LogP contribution >= 0.6 is 11.8 Å². The minimum absolute atomic E-state index is 0.000419. The Morgan fingerprint density at radius 2 is 1.74 bits per heavy atom. The Hall–Kier alpha value is -5.05. The van der Waals surface area contributed by atoms with Crippen molar-refractivity contribution >= 4 is 70.3 Å². The van der Waals surface area contributed by atoms with E-state index in [1.165, 1.54) is 0 Å². The third-order valence-corrected chi connectivity index (χ3v) is 10.5. The van der Waals surface area contributed by atoms with Crippen molar-refractivity contribution in [1.82, 2.24) is 36.5 Å². The number of β-amino-alcohol motifs (C(OH)–C–C–N with tert-alkyl or cyclic N) is 1. The van der Waals surface area contributed by atoms with Crippen LogP contribution < -0.4 is 43.8 Å². The molecule has 0 radical (unpaired) electrons. The number of rotatable bonds is 9. The maximum Gasteiger partial charge on any atom is 0.245 e. The van der Waals surface area contributed by atoms with Gasteiger partial charge in [-0.3, -0.25) is 43.3 Å². The zero-order valence-corrected chi connectivity index (χ0v) is 30.1. The molecule has 7 amide bonds. The number of aromatic nitrogens is 1. The van der Waals surface area contributed by atoms with Crippen LogP contribution in [0.5, 0.6) is 0 Å². The Balaban J connectivity index is 1.73. The van der Waals surface area contributed by atoms with E-state index in [4.69, 9.17) is 17.2 Å². The summed E-state index contributed by atoms with van der Waals surface area (Å²) in [5.74, 6) is -6.32. The number of aldehydes is 1. The highest BCUT2D eigenvalue weighted by Gasteiger charge is 2.50. The predicted molar refractivity (Wildman–Crippen MR) is 191 cm³/mol. The summed E-state index contributed by atoms with van der Waals surface area (Å²) in [5.41, 5.74) is 16.4. The second-order valence-electron chi connectivity index (χ2n) is 13.2. The molecule has 7 atom stereocenters. The standard InChI is InChI=1S/C33H46N10O9S/c1-3-16(2)27-31(52)38-11-25(47)39-22(30(51)42-33(15-44,10-24(35)46)43-13-17(45)8-23(43)28(36)49)14-53-32-19(18-6-4-5-7-21(18)40-32)9-20(34)29(50)37-12-26(48)41-27/h4-7,15-17,20,22-23,27,40,45H,3,8-14,34H2,1-2H3,(H2,35,46)(H2,36,49)(H,37,50)(H,38,52)(H,39,47)(H,41,48)(H,42,51). The summed E-state index contributed by atoms with van der Waals surface area (Å²) in [6, 6.07) is 2.25. The molecule has 13 N–H and O–H groups in total. The van der Waals surface area contributed by atoms with Gasteiger partial charge in [-0.15, -0.1) is 11.8 Å². The van der Waals surface area contributed by atoms with Gasteiger partial charge in [-0.05, 0) is 30.4 Å². The first-order chi connectivity index (χ1) is 25.1. The molecule has 7 unspecified atom stereocenters. The van der Waals surface area contributed by atoms with E-state index >= 15 is 0 Å². The molecule has 0 spiro atoms. The Labute approximate surface area is 308 Å². The highest BCUT2D eigenvalue weighted by Crippen LogP contribution is 2.32.